The minimum Gasteiger partial charge on any atom is -0.0985 e. The molecule has 0 saturated carbocycles. The summed E-state index contributed by atoms with van der Waals surface area (Å²) >= 11 is 0. The Kier molecular flexibility index (Phi) is 10.8. The predicted octanol–water partition coefficient (Wildman–Crippen LogP) is 15.7. The van der Waals surface area contributed by atoms with E-state index in [1.165, 1.54) is 86.9 Å². The highest BCUT2D eigenvalue weighted by Crippen LogP contribution is 2.36. The van der Waals surface area contributed by atoms with Crippen molar-refractivity contribution in [2.45, 2.75) is 0 Å². The third kappa shape index (κ3) is 7.33. The molecule has 0 spiro atoms. The Morgan fingerprint density at radius 2 is 0.741 bits per heavy atom. The fraction of sp³-hybridized carbons (Fsp3) is 0. The van der Waals surface area contributed by atoms with Crippen LogP contribution in [0.25, 0.3) is 88.9 Å². The van der Waals surface area contributed by atoms with Crippen molar-refractivity contribution in [1.29, 1.82) is 0 Å². The normalized spacial score (nSPS) is 10.5. The van der Waals surface area contributed by atoms with E-state index in [1.807, 2.05) is 54.6 Å². The van der Waals surface area contributed by atoms with Crippen LogP contribution in [0.2, 0.25) is 0 Å². The summed E-state index contributed by atoms with van der Waals surface area (Å²) in [6.07, 6.45) is 7.61. The number of hydrogen-bond acceptors (Lipinski definition) is 0. The molecule has 0 heteroatoms. The van der Waals surface area contributed by atoms with Crippen LogP contribution in [0.4, 0.5) is 0 Å². The molecule has 0 aliphatic carbocycles. The molecule has 0 heterocycles. The molecule has 0 aromatic heterocycles. The van der Waals surface area contributed by atoms with E-state index in [1.54, 1.807) is 0 Å². The van der Waals surface area contributed by atoms with Crippen LogP contribution < -0.4 is 0 Å². The Bertz CT molecular complexity index is 2810. The highest BCUT2D eigenvalue weighted by molar-refractivity contribution is 6.24. The summed E-state index contributed by atoms with van der Waals surface area (Å²) < 4.78 is 0. The summed E-state index contributed by atoms with van der Waals surface area (Å²) in [5, 5.41) is 15.6. The molecule has 0 unspecified atom stereocenters. The summed E-state index contributed by atoms with van der Waals surface area (Å²) in [5.41, 5.74) is 4.81. The minimum atomic E-state index is 1.17. The molecule has 10 aromatic rings. The van der Waals surface area contributed by atoms with Crippen LogP contribution in [0.1, 0.15) is 22.3 Å². The Morgan fingerprint density at radius 1 is 0.278 bits per heavy atom. The molecule has 0 radical (unpaired) electrons. The number of rotatable bonds is 4. The lowest BCUT2D eigenvalue weighted by Crippen LogP contribution is -1.85. The smallest absolute Gasteiger partial charge is 0.00208 e. The Labute approximate surface area is 318 Å². The topological polar surface area (TPSA) is 0 Å². The summed E-state index contributed by atoms with van der Waals surface area (Å²) in [4.78, 5) is 0. The van der Waals surface area contributed by atoms with E-state index in [0.29, 0.717) is 0 Å². The zero-order valence-electron chi connectivity index (χ0n) is 30.5. The van der Waals surface area contributed by atoms with E-state index in [2.05, 4.69) is 178 Å². The van der Waals surface area contributed by atoms with E-state index in [0.717, 1.165) is 0 Å². The molecule has 0 saturated heterocycles. The third-order valence-corrected chi connectivity index (χ3v) is 9.88. The third-order valence-electron chi connectivity index (χ3n) is 9.88. The Morgan fingerprint density at radius 3 is 1.33 bits per heavy atom. The molecule has 0 N–H and O–H groups in total. The second-order valence-corrected chi connectivity index (χ2v) is 13.0. The monoisotopic (exact) mass is 690 g/mol. The molecule has 258 valence electrons. The van der Waals surface area contributed by atoms with E-state index < -0.39 is 0 Å². The van der Waals surface area contributed by atoms with Gasteiger partial charge in [-0.2, -0.15) is 0 Å². The highest BCUT2D eigenvalue weighted by Gasteiger charge is 2.09. The van der Waals surface area contributed by atoms with Gasteiger partial charge in [-0.1, -0.05) is 227 Å². The van der Waals surface area contributed by atoms with E-state index in [9.17, 15) is 0 Å². The molecule has 54 heavy (non-hydrogen) atoms. The number of fused-ring (bicyclic) bond motifs is 3. The van der Waals surface area contributed by atoms with Gasteiger partial charge in [0, 0.05) is 0 Å². The molecular weight excluding hydrogens is 649 g/mol. The molecule has 10 rings (SSSR count). The van der Waals surface area contributed by atoms with Gasteiger partial charge in [-0.3, -0.25) is 0 Å². The van der Waals surface area contributed by atoms with Gasteiger partial charge in [0.2, 0.25) is 0 Å². The average Bonchev–Trinajstić information content (AvgIpc) is 3.25. The second-order valence-electron chi connectivity index (χ2n) is 13.0. The van der Waals surface area contributed by atoms with Gasteiger partial charge in [-0.05, 0) is 93.0 Å². The van der Waals surface area contributed by atoms with Gasteiger partial charge in [0.15, 0.2) is 0 Å². The SMILES string of the molecule is C=Cc1c2ccccc2cc2ccccc12.C=Cc1ccc2ccc3cccc4ccc1c2c34.C=Cc1cccc2ccccc12.C=Cc1ccccc1. The standard InChI is InChI=1S/C18H12.C16H12.C12H10.C8H8/c1-2-12-6-7-15-9-8-13-4-3-5-14-10-11-16(12)18(15)17(13)14;1-2-14-15-9-5-3-7-12(15)11-13-8-4-6-10-16(13)14;1-2-10-7-5-8-11-6-3-4-9-12(10)11;1-2-8-6-4-3-5-7-8/h2-11H,1H2;2-11H,1H2;2-9H,1H2;2-7H,1H2. The molecule has 0 aliphatic rings. The molecule has 0 aliphatic heterocycles. The minimum absolute atomic E-state index is 1.17. The number of benzene rings is 10. The maximum Gasteiger partial charge on any atom is -0.00208 e. The zero-order valence-corrected chi connectivity index (χ0v) is 30.5. The first-order valence-corrected chi connectivity index (χ1v) is 18.2. The van der Waals surface area contributed by atoms with Crippen LogP contribution in [0.15, 0.2) is 208 Å². The molecule has 0 fully saturated rings. The van der Waals surface area contributed by atoms with E-state index in [4.69, 9.17) is 0 Å². The molecule has 0 nitrogen and oxygen atoms in total. The lowest BCUT2D eigenvalue weighted by atomic mass is 9.92. The lowest BCUT2D eigenvalue weighted by Gasteiger charge is -2.12. The van der Waals surface area contributed by atoms with E-state index in [-0.39, 0.29) is 0 Å². The molecule has 0 amide bonds. The van der Waals surface area contributed by atoms with Crippen molar-refractivity contribution in [2.75, 3.05) is 0 Å². The van der Waals surface area contributed by atoms with Gasteiger partial charge in [-0.25, -0.2) is 0 Å². The van der Waals surface area contributed by atoms with Crippen LogP contribution >= 0.6 is 0 Å². The zero-order chi connectivity index (χ0) is 37.3. The van der Waals surface area contributed by atoms with Crippen molar-refractivity contribution in [3.05, 3.63) is 231 Å². The maximum atomic E-state index is 3.93. The molecule has 0 atom stereocenters. The first-order valence-electron chi connectivity index (χ1n) is 18.2. The van der Waals surface area contributed by atoms with Crippen molar-refractivity contribution >= 4 is 88.9 Å². The van der Waals surface area contributed by atoms with Gasteiger partial charge < -0.3 is 0 Å². The second kappa shape index (κ2) is 16.5. The van der Waals surface area contributed by atoms with Crippen LogP contribution in [0.3, 0.4) is 0 Å². The first kappa shape index (κ1) is 35.4. The average molecular weight is 691 g/mol. The molecule has 0 bridgehead atoms. The van der Waals surface area contributed by atoms with E-state index >= 15 is 0 Å². The predicted molar refractivity (Wildman–Crippen MR) is 242 cm³/mol. The molecule has 10 aromatic carbocycles. The largest absolute Gasteiger partial charge is 0.0985 e. The van der Waals surface area contributed by atoms with Crippen molar-refractivity contribution < 1.29 is 0 Å². The van der Waals surface area contributed by atoms with Gasteiger partial charge in [-0.15, -0.1) is 0 Å². The van der Waals surface area contributed by atoms with Crippen LogP contribution in [-0.2, 0) is 0 Å². The summed E-state index contributed by atoms with van der Waals surface area (Å²) in [7, 11) is 0. The maximum absolute atomic E-state index is 3.93. The fourth-order valence-electron chi connectivity index (χ4n) is 7.22. The van der Waals surface area contributed by atoms with Crippen LogP contribution in [0.5, 0.6) is 0 Å². The van der Waals surface area contributed by atoms with Crippen LogP contribution in [-0.4, -0.2) is 0 Å². The van der Waals surface area contributed by atoms with Crippen molar-refractivity contribution in [3.63, 3.8) is 0 Å². The van der Waals surface area contributed by atoms with Gasteiger partial charge in [0.25, 0.3) is 0 Å². The van der Waals surface area contributed by atoms with Crippen molar-refractivity contribution in [3.8, 4) is 0 Å². The summed E-state index contributed by atoms with van der Waals surface area (Å²) in [6, 6.07) is 63.4. The summed E-state index contributed by atoms with van der Waals surface area (Å²) in [6.45, 7) is 15.3. The first-order chi connectivity index (χ1) is 26.6. The van der Waals surface area contributed by atoms with Gasteiger partial charge in [0.05, 0.1) is 0 Å². The van der Waals surface area contributed by atoms with Gasteiger partial charge >= 0.3 is 0 Å². The van der Waals surface area contributed by atoms with Gasteiger partial charge in [0.1, 0.15) is 0 Å². The Balaban J connectivity index is 0.000000116. The fourth-order valence-corrected chi connectivity index (χ4v) is 7.22. The van der Waals surface area contributed by atoms with Crippen molar-refractivity contribution in [1.82, 2.24) is 0 Å². The molecular formula is C54H42. The quantitative estimate of drug-likeness (QED) is 0.127. The van der Waals surface area contributed by atoms with Crippen LogP contribution in [0, 0.1) is 0 Å². The lowest BCUT2D eigenvalue weighted by molar-refractivity contribution is 1.67. The number of hydrogen-bond donors (Lipinski definition) is 0. The summed E-state index contributed by atoms with van der Waals surface area (Å²) in [5.74, 6) is 0. The highest BCUT2D eigenvalue weighted by atomic mass is 14.1. The van der Waals surface area contributed by atoms with Crippen molar-refractivity contribution in [2.24, 2.45) is 0 Å². The Hall–Kier alpha value is -7.02.